The first kappa shape index (κ1) is 9.29. The number of rotatable bonds is 2. The monoisotopic (exact) mass is 205 g/mol. The van der Waals surface area contributed by atoms with E-state index in [0.717, 1.165) is 0 Å². The lowest BCUT2D eigenvalue weighted by Crippen LogP contribution is -2.02. The number of benzene rings is 1. The van der Waals surface area contributed by atoms with Crippen LogP contribution in [-0.4, -0.2) is 4.92 Å². The van der Waals surface area contributed by atoms with Crippen LogP contribution in [0.25, 0.3) is 0 Å². The quantitative estimate of drug-likeness (QED) is 0.323. The van der Waals surface area contributed by atoms with E-state index in [1.54, 1.807) is 12.1 Å². The number of hydrogen-bond donors (Lipinski definition) is 0. The largest absolute Gasteiger partial charge is 0.311 e. The fourth-order valence-corrected chi connectivity index (χ4v) is 1.01. The van der Waals surface area contributed by atoms with Crippen molar-refractivity contribution < 1.29 is 4.92 Å². The van der Waals surface area contributed by atoms with Gasteiger partial charge in [-0.3, -0.25) is 10.1 Å². The molecule has 0 spiro atoms. The molecule has 0 aliphatic heterocycles. The molecule has 0 aromatic heterocycles. The maximum Gasteiger partial charge on any atom is 0.311 e. The second-order valence-electron chi connectivity index (χ2n) is 2.17. The molecule has 0 bridgehead atoms. The highest BCUT2D eigenvalue weighted by atomic mass is 35.5. The van der Waals surface area contributed by atoms with Crippen molar-refractivity contribution in [1.29, 1.82) is 0 Å². The Labute approximate surface area is 79.1 Å². The summed E-state index contributed by atoms with van der Waals surface area (Å²) >= 11 is 11.0. The van der Waals surface area contributed by atoms with Gasteiger partial charge in [0.1, 0.15) is 0 Å². The molecule has 1 atom stereocenters. The van der Waals surface area contributed by atoms with Gasteiger partial charge in [-0.2, -0.15) is 0 Å². The molecule has 1 aromatic rings. The van der Waals surface area contributed by atoms with Crippen LogP contribution in [0.3, 0.4) is 0 Å². The van der Waals surface area contributed by atoms with Gasteiger partial charge < -0.3 is 0 Å². The van der Waals surface area contributed by atoms with Crippen LogP contribution in [0.2, 0.25) is 5.02 Å². The lowest BCUT2D eigenvalue weighted by molar-refractivity contribution is -0.503. The summed E-state index contributed by atoms with van der Waals surface area (Å²) < 4.78 is 0. The summed E-state index contributed by atoms with van der Waals surface area (Å²) in [7, 11) is 0. The zero-order valence-electron chi connectivity index (χ0n) is 5.91. The average molecular weight is 206 g/mol. The van der Waals surface area contributed by atoms with Crippen LogP contribution in [0.1, 0.15) is 11.1 Å². The van der Waals surface area contributed by atoms with Crippen LogP contribution >= 0.6 is 23.2 Å². The maximum atomic E-state index is 10.2. The summed E-state index contributed by atoms with van der Waals surface area (Å²) in [5.41, 5.74) is -0.756. The van der Waals surface area contributed by atoms with E-state index in [2.05, 4.69) is 0 Å². The number of hydrogen-bond acceptors (Lipinski definition) is 2. The highest BCUT2D eigenvalue weighted by molar-refractivity contribution is 6.30. The van der Waals surface area contributed by atoms with Crippen molar-refractivity contribution in [1.82, 2.24) is 0 Å². The Morgan fingerprint density at radius 2 is 1.83 bits per heavy atom. The van der Waals surface area contributed by atoms with Crippen molar-refractivity contribution in [2.24, 2.45) is 0 Å². The van der Waals surface area contributed by atoms with E-state index in [4.69, 9.17) is 23.2 Å². The van der Waals surface area contributed by atoms with Crippen molar-refractivity contribution in [3.8, 4) is 0 Å². The molecule has 1 rings (SSSR count). The smallest absolute Gasteiger partial charge is 0.263 e. The van der Waals surface area contributed by atoms with E-state index in [9.17, 15) is 10.1 Å². The van der Waals surface area contributed by atoms with Gasteiger partial charge in [-0.25, -0.2) is 0 Å². The minimum Gasteiger partial charge on any atom is -0.263 e. The Hall–Kier alpha value is -0.800. The maximum absolute atomic E-state index is 10.2. The van der Waals surface area contributed by atoms with Gasteiger partial charge in [0.15, 0.2) is 0 Å². The van der Waals surface area contributed by atoms with Crippen LogP contribution in [0.4, 0.5) is 0 Å². The third-order valence-corrected chi connectivity index (χ3v) is 1.99. The molecular formula is C7H5Cl2NO2. The van der Waals surface area contributed by atoms with Gasteiger partial charge in [0.25, 0.3) is 0 Å². The Balaban J connectivity index is 2.89. The van der Waals surface area contributed by atoms with Crippen molar-refractivity contribution >= 4 is 23.2 Å². The normalized spacial score (nSPS) is 12.5. The van der Waals surface area contributed by atoms with Crippen LogP contribution in [0.15, 0.2) is 24.3 Å². The van der Waals surface area contributed by atoms with Gasteiger partial charge in [-0.15, -0.1) is 0 Å². The number of nitrogens with zero attached hydrogens (tertiary/aromatic N) is 1. The zero-order valence-corrected chi connectivity index (χ0v) is 7.42. The summed E-state index contributed by atoms with van der Waals surface area (Å²) in [6.45, 7) is 0. The van der Waals surface area contributed by atoms with E-state index in [-0.39, 0.29) is 0 Å². The van der Waals surface area contributed by atoms with Crippen molar-refractivity contribution in [3.63, 3.8) is 0 Å². The first-order valence-electron chi connectivity index (χ1n) is 3.14. The molecule has 5 heteroatoms. The molecule has 0 aliphatic carbocycles. The predicted molar refractivity (Wildman–Crippen MR) is 47.0 cm³/mol. The Morgan fingerprint density at radius 3 is 2.25 bits per heavy atom. The minimum absolute atomic E-state index is 0.436. The topological polar surface area (TPSA) is 43.1 Å². The molecule has 1 unspecified atom stereocenters. The van der Waals surface area contributed by atoms with Crippen molar-refractivity contribution in [2.45, 2.75) is 5.50 Å². The molecule has 0 saturated heterocycles. The minimum atomic E-state index is -1.19. The molecule has 0 radical (unpaired) electrons. The van der Waals surface area contributed by atoms with Gasteiger partial charge in [0.2, 0.25) is 0 Å². The van der Waals surface area contributed by atoms with Crippen molar-refractivity contribution in [2.75, 3.05) is 0 Å². The van der Waals surface area contributed by atoms with E-state index in [1.807, 2.05) is 0 Å². The lowest BCUT2D eigenvalue weighted by atomic mass is 10.2. The standard InChI is InChI=1S/C7H5Cl2NO2/c8-6-3-1-5(2-4-6)7(9)10(11)12/h1-4,7H. The molecular weight excluding hydrogens is 201 g/mol. The Kier molecular flexibility index (Phi) is 2.89. The van der Waals surface area contributed by atoms with Crippen molar-refractivity contribution in [3.05, 3.63) is 45.0 Å². The summed E-state index contributed by atoms with van der Waals surface area (Å²) in [4.78, 5) is 9.66. The van der Waals surface area contributed by atoms with E-state index < -0.39 is 10.4 Å². The SMILES string of the molecule is O=[N+]([O-])C(Cl)c1ccc(Cl)cc1. The van der Waals surface area contributed by atoms with Gasteiger partial charge in [-0.1, -0.05) is 11.6 Å². The van der Waals surface area contributed by atoms with E-state index in [1.165, 1.54) is 12.1 Å². The molecule has 1 aromatic carbocycles. The molecule has 0 aliphatic rings. The highest BCUT2D eigenvalue weighted by Gasteiger charge is 2.17. The lowest BCUT2D eigenvalue weighted by Gasteiger charge is -2.00. The third-order valence-electron chi connectivity index (χ3n) is 1.33. The van der Waals surface area contributed by atoms with Crippen LogP contribution in [0, 0.1) is 10.1 Å². The molecule has 0 N–H and O–H groups in total. The van der Waals surface area contributed by atoms with E-state index in [0.29, 0.717) is 10.6 Å². The Morgan fingerprint density at radius 1 is 1.33 bits per heavy atom. The molecule has 0 amide bonds. The molecule has 0 saturated carbocycles. The summed E-state index contributed by atoms with van der Waals surface area (Å²) in [6.07, 6.45) is 0. The fraction of sp³-hybridized carbons (Fsp3) is 0.143. The van der Waals surface area contributed by atoms with Gasteiger partial charge >= 0.3 is 5.50 Å². The molecule has 64 valence electrons. The Bertz CT molecular complexity index is 286. The second kappa shape index (κ2) is 3.74. The summed E-state index contributed by atoms with van der Waals surface area (Å²) in [5.74, 6) is 0. The summed E-state index contributed by atoms with van der Waals surface area (Å²) in [5, 5.41) is 10.8. The number of alkyl halides is 1. The van der Waals surface area contributed by atoms with Gasteiger partial charge in [-0.05, 0) is 35.9 Å². The first-order valence-corrected chi connectivity index (χ1v) is 3.95. The van der Waals surface area contributed by atoms with Gasteiger partial charge in [0.05, 0.1) is 0 Å². The van der Waals surface area contributed by atoms with Crippen LogP contribution in [-0.2, 0) is 0 Å². The first-order chi connectivity index (χ1) is 5.61. The zero-order chi connectivity index (χ0) is 9.14. The number of halogens is 2. The molecule has 3 nitrogen and oxygen atoms in total. The van der Waals surface area contributed by atoms with Crippen LogP contribution in [0.5, 0.6) is 0 Å². The predicted octanol–water partition coefficient (Wildman–Crippen LogP) is 2.85. The molecule has 0 fully saturated rings. The highest BCUT2D eigenvalue weighted by Crippen LogP contribution is 2.22. The molecule has 12 heavy (non-hydrogen) atoms. The van der Waals surface area contributed by atoms with Crippen LogP contribution < -0.4 is 0 Å². The fourth-order valence-electron chi connectivity index (χ4n) is 0.743. The average Bonchev–Trinajstić information content (AvgIpc) is 2.04. The molecule has 0 heterocycles. The van der Waals surface area contributed by atoms with Gasteiger partial charge in [0, 0.05) is 15.5 Å². The second-order valence-corrected chi connectivity index (χ2v) is 3.02. The third kappa shape index (κ3) is 2.09. The summed E-state index contributed by atoms with van der Waals surface area (Å²) in [6, 6.07) is 6.19. The number of nitro groups is 1. The van der Waals surface area contributed by atoms with E-state index >= 15 is 0 Å².